The molecule has 0 saturated heterocycles. The van der Waals surface area contributed by atoms with Crippen molar-refractivity contribution in [3.8, 4) is 0 Å². The number of hydrogen-bond acceptors (Lipinski definition) is 3. The number of imidazole rings is 1. The van der Waals surface area contributed by atoms with E-state index in [1.807, 2.05) is 18.7 Å². The van der Waals surface area contributed by atoms with Crippen molar-refractivity contribution in [2.45, 2.75) is 45.1 Å². The first-order chi connectivity index (χ1) is 12.9. The van der Waals surface area contributed by atoms with Crippen molar-refractivity contribution in [3.05, 3.63) is 60.7 Å². The van der Waals surface area contributed by atoms with Gasteiger partial charge in [-0.15, -0.1) is 0 Å². The van der Waals surface area contributed by atoms with E-state index in [0.29, 0.717) is 0 Å². The minimum atomic E-state index is 0.998. The van der Waals surface area contributed by atoms with Gasteiger partial charge in [0.2, 0.25) is 0 Å². The molecule has 1 N–H and O–H groups in total. The molecule has 1 aliphatic heterocycles. The number of aromatic nitrogens is 2. The predicted molar refractivity (Wildman–Crippen MR) is 108 cm³/mol. The quantitative estimate of drug-likeness (QED) is 0.550. The maximum absolute atomic E-state index is 4.78. The van der Waals surface area contributed by atoms with Crippen molar-refractivity contribution in [1.29, 1.82) is 0 Å². The number of unbranched alkanes of at least 4 members (excludes halogenated alkanes) is 5. The maximum Gasteiger partial charge on any atom is 0.134 e. The van der Waals surface area contributed by atoms with Crippen molar-refractivity contribution in [2.24, 2.45) is 4.99 Å². The molecule has 3 aromatic rings. The van der Waals surface area contributed by atoms with Crippen LogP contribution in [0.25, 0.3) is 10.8 Å². The molecule has 4 nitrogen and oxygen atoms in total. The van der Waals surface area contributed by atoms with E-state index in [1.165, 1.54) is 54.9 Å². The van der Waals surface area contributed by atoms with Crippen molar-refractivity contribution in [1.82, 2.24) is 14.9 Å². The number of benzene rings is 2. The lowest BCUT2D eigenvalue weighted by Crippen LogP contribution is -2.24. The Hall–Kier alpha value is -2.62. The summed E-state index contributed by atoms with van der Waals surface area (Å²) in [5, 5.41) is 6.11. The van der Waals surface area contributed by atoms with Gasteiger partial charge in [-0.05, 0) is 24.3 Å². The Morgan fingerprint density at radius 1 is 0.885 bits per heavy atom. The fourth-order valence-corrected chi connectivity index (χ4v) is 3.68. The minimum Gasteiger partial charge on any atom is -0.370 e. The van der Waals surface area contributed by atoms with Gasteiger partial charge in [0, 0.05) is 36.4 Å². The van der Waals surface area contributed by atoms with Gasteiger partial charge in [-0.2, -0.15) is 0 Å². The zero-order valence-corrected chi connectivity index (χ0v) is 15.2. The number of amidine groups is 1. The van der Waals surface area contributed by atoms with Crippen LogP contribution in [0.5, 0.6) is 0 Å². The highest BCUT2D eigenvalue weighted by Gasteiger charge is 2.17. The monoisotopic (exact) mass is 346 g/mol. The van der Waals surface area contributed by atoms with Crippen LogP contribution in [0, 0.1) is 0 Å². The highest BCUT2D eigenvalue weighted by Crippen LogP contribution is 2.34. The van der Waals surface area contributed by atoms with E-state index in [0.717, 1.165) is 24.6 Å². The van der Waals surface area contributed by atoms with Gasteiger partial charge in [0.05, 0.1) is 12.0 Å². The molecule has 0 saturated carbocycles. The Kier molecular flexibility index (Phi) is 5.29. The predicted octanol–water partition coefficient (Wildman–Crippen LogP) is 5.06. The van der Waals surface area contributed by atoms with Crippen LogP contribution in [0.3, 0.4) is 0 Å². The summed E-state index contributed by atoms with van der Waals surface area (Å²) in [5.41, 5.74) is 2.34. The fraction of sp³-hybridized carbons (Fsp3) is 0.364. The first-order valence-corrected chi connectivity index (χ1v) is 9.72. The van der Waals surface area contributed by atoms with E-state index in [2.05, 4.69) is 51.3 Å². The highest BCUT2D eigenvalue weighted by molar-refractivity contribution is 6.18. The first kappa shape index (κ1) is 16.8. The molecule has 134 valence electrons. The summed E-state index contributed by atoms with van der Waals surface area (Å²) < 4.78 is 2.16. The molecular weight excluding hydrogens is 320 g/mol. The third-order valence-corrected chi connectivity index (χ3v) is 5.06. The van der Waals surface area contributed by atoms with E-state index in [4.69, 9.17) is 4.99 Å². The maximum atomic E-state index is 4.78. The smallest absolute Gasteiger partial charge is 0.134 e. The van der Waals surface area contributed by atoms with Gasteiger partial charge in [0.25, 0.3) is 0 Å². The van der Waals surface area contributed by atoms with Gasteiger partial charge in [0.1, 0.15) is 5.84 Å². The lowest BCUT2D eigenvalue weighted by Gasteiger charge is -2.07. The van der Waals surface area contributed by atoms with E-state index in [9.17, 15) is 0 Å². The molecule has 0 bridgehead atoms. The minimum absolute atomic E-state index is 0.998. The van der Waals surface area contributed by atoms with Gasteiger partial charge in [-0.3, -0.25) is 0 Å². The molecule has 0 amide bonds. The van der Waals surface area contributed by atoms with Crippen LogP contribution in [-0.4, -0.2) is 21.9 Å². The molecule has 0 radical (unpaired) electrons. The van der Waals surface area contributed by atoms with Crippen LogP contribution in [0.15, 0.2) is 60.1 Å². The largest absolute Gasteiger partial charge is 0.370 e. The number of hydrogen-bond donors (Lipinski definition) is 1. The summed E-state index contributed by atoms with van der Waals surface area (Å²) in [7, 11) is 0. The molecule has 0 spiro atoms. The van der Waals surface area contributed by atoms with Crippen molar-refractivity contribution in [2.75, 3.05) is 6.54 Å². The molecule has 4 heteroatoms. The molecule has 26 heavy (non-hydrogen) atoms. The lowest BCUT2D eigenvalue weighted by atomic mass is 10.0. The zero-order chi connectivity index (χ0) is 17.6. The summed E-state index contributed by atoms with van der Waals surface area (Å²) in [6.45, 7) is 2.09. The van der Waals surface area contributed by atoms with Crippen molar-refractivity contribution in [3.63, 3.8) is 0 Å². The van der Waals surface area contributed by atoms with Crippen molar-refractivity contribution >= 4 is 22.3 Å². The summed E-state index contributed by atoms with van der Waals surface area (Å²) >= 11 is 0. The van der Waals surface area contributed by atoms with Crippen LogP contribution in [-0.2, 0) is 6.54 Å². The molecule has 0 unspecified atom stereocenters. The van der Waals surface area contributed by atoms with Gasteiger partial charge in [-0.1, -0.05) is 56.0 Å². The molecule has 2 aromatic carbocycles. The molecular formula is C22H26N4. The second kappa shape index (κ2) is 8.17. The van der Waals surface area contributed by atoms with Crippen LogP contribution >= 0.6 is 0 Å². The van der Waals surface area contributed by atoms with E-state index in [1.54, 1.807) is 0 Å². The lowest BCUT2D eigenvalue weighted by molar-refractivity contribution is 0.550. The van der Waals surface area contributed by atoms with Gasteiger partial charge in [-0.25, -0.2) is 9.98 Å². The topological polar surface area (TPSA) is 42.2 Å². The second-order valence-corrected chi connectivity index (χ2v) is 6.99. The van der Waals surface area contributed by atoms with Gasteiger partial charge in [0.15, 0.2) is 0 Å². The molecule has 1 aromatic heterocycles. The molecule has 0 aliphatic carbocycles. The standard InChI is InChI=1S/C22H26N4/c1(2-4-6-15-26-16-14-23-17-26)3-5-13-24-22-19-11-7-9-18-10-8-12-20(25-22)21(18)19/h7-12,14,16-17H,1-6,13,15H2,(H,24,25). The average molecular weight is 346 g/mol. The highest BCUT2D eigenvalue weighted by atomic mass is 15.0. The molecule has 0 fully saturated rings. The summed E-state index contributed by atoms with van der Waals surface area (Å²) in [6, 6.07) is 12.8. The van der Waals surface area contributed by atoms with Crippen LogP contribution in [0.4, 0.5) is 5.69 Å². The number of rotatable bonds is 9. The number of nitrogens with zero attached hydrogens (tertiary/aromatic N) is 3. The Morgan fingerprint density at radius 3 is 2.54 bits per heavy atom. The second-order valence-electron chi connectivity index (χ2n) is 6.99. The van der Waals surface area contributed by atoms with Crippen LogP contribution in [0.2, 0.25) is 0 Å². The number of aliphatic imine (C=N–C) groups is 1. The van der Waals surface area contributed by atoms with E-state index < -0.39 is 0 Å². The van der Waals surface area contributed by atoms with E-state index in [-0.39, 0.29) is 0 Å². The van der Waals surface area contributed by atoms with E-state index >= 15 is 0 Å². The zero-order valence-electron chi connectivity index (χ0n) is 15.2. The Balaban J connectivity index is 1.14. The summed E-state index contributed by atoms with van der Waals surface area (Å²) in [5.74, 6) is 1.04. The third kappa shape index (κ3) is 3.79. The van der Waals surface area contributed by atoms with Gasteiger partial charge >= 0.3 is 0 Å². The molecule has 1 aliphatic rings. The number of nitrogens with one attached hydrogen (secondary N) is 1. The third-order valence-electron chi connectivity index (χ3n) is 5.06. The number of aryl methyl sites for hydroxylation is 1. The SMILES string of the molecule is c1cc2c3c(cccc3c1)C(NCCCCCCCCn1ccnc1)=N2. The molecule has 4 rings (SSSR count). The van der Waals surface area contributed by atoms with Crippen molar-refractivity contribution < 1.29 is 0 Å². The fourth-order valence-electron chi connectivity index (χ4n) is 3.68. The van der Waals surface area contributed by atoms with Gasteiger partial charge < -0.3 is 9.88 Å². The van der Waals surface area contributed by atoms with Crippen LogP contribution < -0.4 is 5.32 Å². The summed E-state index contributed by atoms with van der Waals surface area (Å²) in [6.07, 6.45) is 13.4. The normalized spacial score (nSPS) is 12.5. The molecule has 2 heterocycles. The molecule has 0 atom stereocenters. The Bertz CT molecular complexity index is 875. The first-order valence-electron chi connectivity index (χ1n) is 9.72. The average Bonchev–Trinajstić information content (AvgIpc) is 3.30. The Labute approximate surface area is 155 Å². The summed E-state index contributed by atoms with van der Waals surface area (Å²) in [4.78, 5) is 8.85. The Morgan fingerprint density at radius 2 is 1.69 bits per heavy atom. The van der Waals surface area contributed by atoms with Crippen LogP contribution in [0.1, 0.15) is 44.1 Å².